The fourth-order valence-corrected chi connectivity index (χ4v) is 0.967. The summed E-state index contributed by atoms with van der Waals surface area (Å²) in [4.78, 5) is 12.6. The van der Waals surface area contributed by atoms with Crippen molar-refractivity contribution in [3.8, 4) is 0 Å². The van der Waals surface area contributed by atoms with Gasteiger partial charge in [0.15, 0.2) is 0 Å². The van der Waals surface area contributed by atoms with Gasteiger partial charge in [0.1, 0.15) is 6.61 Å². The van der Waals surface area contributed by atoms with Crippen LogP contribution >= 0.6 is 0 Å². The predicted octanol–water partition coefficient (Wildman–Crippen LogP) is 0.518. The molecule has 0 fully saturated rings. The van der Waals surface area contributed by atoms with Crippen molar-refractivity contribution >= 4 is 5.97 Å². The molecule has 13 heavy (non-hydrogen) atoms. The molecule has 0 radical (unpaired) electrons. The first-order chi connectivity index (χ1) is 6.20. The van der Waals surface area contributed by atoms with Gasteiger partial charge in [0, 0.05) is 27.1 Å². The van der Waals surface area contributed by atoms with Crippen molar-refractivity contribution in [3.63, 3.8) is 0 Å². The highest BCUT2D eigenvalue weighted by atomic mass is 16.5. The van der Waals surface area contributed by atoms with E-state index in [9.17, 15) is 4.79 Å². The molecular formula is C9H19NO3. The maximum absolute atomic E-state index is 10.5. The topological polar surface area (TPSA) is 38.8 Å². The smallest absolute Gasteiger partial charge is 0.302 e. The van der Waals surface area contributed by atoms with Crippen molar-refractivity contribution < 1.29 is 14.3 Å². The van der Waals surface area contributed by atoms with Gasteiger partial charge in [0.05, 0.1) is 6.61 Å². The molecule has 0 bridgehead atoms. The maximum atomic E-state index is 10.5. The molecular weight excluding hydrogens is 170 g/mol. The molecule has 0 aromatic rings. The minimum absolute atomic E-state index is 0.220. The van der Waals surface area contributed by atoms with Crippen LogP contribution in [-0.4, -0.2) is 50.8 Å². The van der Waals surface area contributed by atoms with Crippen molar-refractivity contribution in [1.82, 2.24) is 4.90 Å². The van der Waals surface area contributed by atoms with Crippen molar-refractivity contribution in [2.45, 2.75) is 13.8 Å². The van der Waals surface area contributed by atoms with E-state index >= 15 is 0 Å². The number of hydrogen-bond donors (Lipinski definition) is 0. The third kappa shape index (κ3) is 7.74. The van der Waals surface area contributed by atoms with Crippen LogP contribution in [0.5, 0.6) is 0 Å². The number of methoxy groups -OCH3 is 1. The summed E-state index contributed by atoms with van der Waals surface area (Å²) in [6.07, 6.45) is 0. The quantitative estimate of drug-likeness (QED) is 0.547. The van der Waals surface area contributed by atoms with E-state index in [1.165, 1.54) is 6.92 Å². The van der Waals surface area contributed by atoms with Crippen LogP contribution in [0, 0.1) is 0 Å². The molecule has 0 saturated carbocycles. The molecule has 0 aliphatic carbocycles. The lowest BCUT2D eigenvalue weighted by Crippen LogP contribution is -2.31. The number of likely N-dealkylation sites (N-methyl/N-ethyl adjacent to an activating group) is 1. The molecule has 0 aliphatic rings. The van der Waals surface area contributed by atoms with Gasteiger partial charge in [0.2, 0.25) is 0 Å². The minimum Gasteiger partial charge on any atom is -0.465 e. The van der Waals surface area contributed by atoms with Crippen LogP contribution < -0.4 is 0 Å². The summed E-state index contributed by atoms with van der Waals surface area (Å²) in [7, 11) is 1.68. The number of ether oxygens (including phenoxy) is 2. The van der Waals surface area contributed by atoms with Gasteiger partial charge in [-0.3, -0.25) is 9.69 Å². The Morgan fingerprint density at radius 2 is 1.92 bits per heavy atom. The third-order valence-corrected chi connectivity index (χ3v) is 1.77. The molecule has 0 aliphatic heterocycles. The monoisotopic (exact) mass is 189 g/mol. The molecule has 0 heterocycles. The lowest BCUT2D eigenvalue weighted by atomic mass is 10.5. The van der Waals surface area contributed by atoms with Crippen molar-refractivity contribution in [2.24, 2.45) is 0 Å². The first kappa shape index (κ1) is 12.4. The van der Waals surface area contributed by atoms with Crippen molar-refractivity contribution in [1.29, 1.82) is 0 Å². The number of carbonyl (C=O) groups excluding carboxylic acids is 1. The lowest BCUT2D eigenvalue weighted by molar-refractivity contribution is -0.141. The third-order valence-electron chi connectivity index (χ3n) is 1.77. The largest absolute Gasteiger partial charge is 0.465 e. The molecule has 4 nitrogen and oxygen atoms in total. The number of nitrogens with zero attached hydrogens (tertiary/aromatic N) is 1. The normalized spacial score (nSPS) is 10.5. The Bertz CT molecular complexity index is 139. The van der Waals surface area contributed by atoms with E-state index in [0.717, 1.165) is 19.6 Å². The first-order valence-corrected chi connectivity index (χ1v) is 4.55. The van der Waals surface area contributed by atoms with Gasteiger partial charge in [-0.1, -0.05) is 6.92 Å². The molecule has 0 atom stereocenters. The summed E-state index contributed by atoms with van der Waals surface area (Å²) < 4.78 is 9.78. The molecule has 0 aromatic carbocycles. The molecule has 0 unspecified atom stereocenters. The van der Waals surface area contributed by atoms with Crippen LogP contribution in [0.3, 0.4) is 0 Å². The van der Waals surface area contributed by atoms with Gasteiger partial charge in [-0.2, -0.15) is 0 Å². The van der Waals surface area contributed by atoms with Crippen molar-refractivity contribution in [3.05, 3.63) is 0 Å². The number of hydrogen-bond acceptors (Lipinski definition) is 4. The molecule has 0 saturated heterocycles. The second kappa shape index (κ2) is 8.01. The van der Waals surface area contributed by atoms with E-state index in [1.807, 2.05) is 0 Å². The minimum atomic E-state index is -0.220. The van der Waals surface area contributed by atoms with E-state index in [0.29, 0.717) is 13.2 Å². The van der Waals surface area contributed by atoms with Crippen molar-refractivity contribution in [2.75, 3.05) is 40.0 Å². The molecule has 0 amide bonds. The van der Waals surface area contributed by atoms with E-state index in [4.69, 9.17) is 9.47 Å². The van der Waals surface area contributed by atoms with Crippen LogP contribution in [0.4, 0.5) is 0 Å². The second-order valence-electron chi connectivity index (χ2n) is 2.77. The highest BCUT2D eigenvalue weighted by Gasteiger charge is 2.01. The number of esters is 1. The molecule has 0 aromatic heterocycles. The van der Waals surface area contributed by atoms with Gasteiger partial charge >= 0.3 is 5.97 Å². The van der Waals surface area contributed by atoms with Gasteiger partial charge < -0.3 is 9.47 Å². The highest BCUT2D eigenvalue weighted by Crippen LogP contribution is 1.88. The lowest BCUT2D eigenvalue weighted by Gasteiger charge is -2.19. The Labute approximate surface area is 79.8 Å². The number of carbonyl (C=O) groups is 1. The van der Waals surface area contributed by atoms with Crippen LogP contribution in [0.1, 0.15) is 13.8 Å². The Morgan fingerprint density at radius 1 is 1.31 bits per heavy atom. The van der Waals surface area contributed by atoms with Gasteiger partial charge in [0.25, 0.3) is 0 Å². The van der Waals surface area contributed by atoms with Crippen LogP contribution in [-0.2, 0) is 14.3 Å². The zero-order chi connectivity index (χ0) is 10.1. The first-order valence-electron chi connectivity index (χ1n) is 4.55. The Balaban J connectivity index is 3.41. The fraction of sp³-hybridized carbons (Fsp3) is 0.889. The van der Waals surface area contributed by atoms with Crippen LogP contribution in [0.15, 0.2) is 0 Å². The van der Waals surface area contributed by atoms with Crippen LogP contribution in [0.25, 0.3) is 0 Å². The van der Waals surface area contributed by atoms with E-state index in [1.54, 1.807) is 7.11 Å². The fourth-order valence-electron chi connectivity index (χ4n) is 0.967. The summed E-state index contributed by atoms with van der Waals surface area (Å²) in [6.45, 7) is 7.29. The standard InChI is InChI=1S/C9H19NO3/c1-4-10(5-7-12-3)6-8-13-9(2)11/h4-8H2,1-3H3. The zero-order valence-corrected chi connectivity index (χ0v) is 8.71. The highest BCUT2D eigenvalue weighted by molar-refractivity contribution is 5.65. The second-order valence-corrected chi connectivity index (χ2v) is 2.77. The Morgan fingerprint density at radius 3 is 2.38 bits per heavy atom. The molecule has 0 spiro atoms. The Hall–Kier alpha value is -0.610. The predicted molar refractivity (Wildman–Crippen MR) is 50.6 cm³/mol. The molecule has 78 valence electrons. The average Bonchev–Trinajstić information content (AvgIpc) is 2.10. The Kier molecular flexibility index (Phi) is 7.63. The van der Waals surface area contributed by atoms with Gasteiger partial charge in [-0.05, 0) is 6.54 Å². The van der Waals surface area contributed by atoms with E-state index < -0.39 is 0 Å². The molecule has 0 N–H and O–H groups in total. The maximum Gasteiger partial charge on any atom is 0.302 e. The summed E-state index contributed by atoms with van der Waals surface area (Å²) in [6, 6.07) is 0. The summed E-state index contributed by atoms with van der Waals surface area (Å²) in [5.74, 6) is -0.220. The van der Waals surface area contributed by atoms with E-state index in [-0.39, 0.29) is 5.97 Å². The van der Waals surface area contributed by atoms with Gasteiger partial charge in [-0.15, -0.1) is 0 Å². The van der Waals surface area contributed by atoms with Gasteiger partial charge in [-0.25, -0.2) is 0 Å². The zero-order valence-electron chi connectivity index (χ0n) is 8.71. The van der Waals surface area contributed by atoms with E-state index in [2.05, 4.69) is 11.8 Å². The molecule has 4 heteroatoms. The van der Waals surface area contributed by atoms with Crippen LogP contribution in [0.2, 0.25) is 0 Å². The summed E-state index contributed by atoms with van der Waals surface area (Å²) in [5.41, 5.74) is 0. The molecule has 0 rings (SSSR count). The summed E-state index contributed by atoms with van der Waals surface area (Å²) in [5, 5.41) is 0. The number of rotatable bonds is 7. The summed E-state index contributed by atoms with van der Waals surface area (Å²) >= 11 is 0. The average molecular weight is 189 g/mol. The SMILES string of the molecule is CCN(CCOC)CCOC(C)=O.